The van der Waals surface area contributed by atoms with Crippen molar-refractivity contribution in [3.63, 3.8) is 0 Å². The maximum Gasteiger partial charge on any atom is 0.387 e. The highest BCUT2D eigenvalue weighted by Gasteiger charge is 2.38. The Morgan fingerprint density at radius 3 is 2.88 bits per heavy atom. The van der Waals surface area contributed by atoms with Crippen LogP contribution in [0.4, 0.5) is 8.78 Å². The van der Waals surface area contributed by atoms with Crippen LogP contribution in [0.3, 0.4) is 0 Å². The molecule has 0 saturated carbocycles. The Morgan fingerprint density at radius 1 is 1.40 bits per heavy atom. The van der Waals surface area contributed by atoms with Gasteiger partial charge in [0, 0.05) is 31.2 Å². The Labute approximate surface area is 142 Å². The van der Waals surface area contributed by atoms with E-state index < -0.39 is 18.2 Å². The highest BCUT2D eigenvalue weighted by molar-refractivity contribution is 5.97. The summed E-state index contributed by atoms with van der Waals surface area (Å²) < 4.78 is 34.6. The minimum absolute atomic E-state index is 0.0164. The number of fused-ring (bicyclic) bond motifs is 1. The van der Waals surface area contributed by atoms with Crippen molar-refractivity contribution in [2.24, 2.45) is 10.2 Å². The number of amides is 1. The summed E-state index contributed by atoms with van der Waals surface area (Å²) >= 11 is 0. The van der Waals surface area contributed by atoms with Gasteiger partial charge in [0.2, 0.25) is 0 Å². The van der Waals surface area contributed by atoms with Crippen LogP contribution in [0.1, 0.15) is 29.8 Å². The number of rotatable bonds is 8. The second kappa shape index (κ2) is 6.89. The molecule has 0 aliphatic carbocycles. The first kappa shape index (κ1) is 16.9. The monoisotopic (exact) mass is 347 g/mol. The average Bonchev–Trinajstić information content (AvgIpc) is 3.19. The molecule has 1 aromatic carbocycles. The van der Waals surface area contributed by atoms with E-state index in [1.165, 1.54) is 12.1 Å². The topological polar surface area (TPSA) is 76.2 Å². The normalized spacial score (nSPS) is 14.5. The van der Waals surface area contributed by atoms with Crippen molar-refractivity contribution < 1.29 is 22.7 Å². The molecule has 130 valence electrons. The molecular formula is C17H15F2N3O3. The molecule has 0 atom stereocenters. The number of benzene rings is 1. The molecule has 1 amide bonds. The molecule has 25 heavy (non-hydrogen) atoms. The number of carbonyl (C=O) groups is 1. The number of para-hydroxylation sites is 1. The zero-order chi connectivity index (χ0) is 17.9. The number of ether oxygens (including phenoxy) is 1. The lowest BCUT2D eigenvalue weighted by atomic mass is 10.0. The molecule has 0 bridgehead atoms. The second-order valence-electron chi connectivity index (χ2n) is 5.56. The highest BCUT2D eigenvalue weighted by atomic mass is 19.3. The lowest BCUT2D eigenvalue weighted by Gasteiger charge is -2.08. The van der Waals surface area contributed by atoms with Crippen molar-refractivity contribution in [3.05, 3.63) is 30.0 Å². The van der Waals surface area contributed by atoms with Crippen LogP contribution in [0.5, 0.6) is 5.75 Å². The Bertz CT molecular complexity index is 848. The van der Waals surface area contributed by atoms with Gasteiger partial charge >= 0.3 is 6.61 Å². The van der Waals surface area contributed by atoms with E-state index in [0.717, 1.165) is 0 Å². The van der Waals surface area contributed by atoms with E-state index >= 15 is 0 Å². The lowest BCUT2D eigenvalue weighted by molar-refractivity contribution is -0.0493. The first-order valence-corrected chi connectivity index (χ1v) is 7.66. The fraction of sp³-hybridized carbons (Fsp3) is 0.353. The third-order valence-corrected chi connectivity index (χ3v) is 3.81. The molecule has 3 rings (SSSR count). The molecule has 2 aromatic rings. The quantitative estimate of drug-likeness (QED) is 0.739. The fourth-order valence-electron chi connectivity index (χ4n) is 2.47. The number of terminal acetylenes is 1. The van der Waals surface area contributed by atoms with E-state index in [4.69, 9.17) is 10.8 Å². The Balaban J connectivity index is 1.62. The van der Waals surface area contributed by atoms with E-state index in [1.807, 2.05) is 0 Å². The minimum atomic E-state index is -2.97. The number of carbonyl (C=O) groups excluding carboxylic acids is 1. The summed E-state index contributed by atoms with van der Waals surface area (Å²) in [7, 11) is 0. The summed E-state index contributed by atoms with van der Waals surface area (Å²) in [6.07, 6.45) is 6.98. The third kappa shape index (κ3) is 3.94. The second-order valence-corrected chi connectivity index (χ2v) is 5.56. The average molecular weight is 347 g/mol. The molecule has 8 heteroatoms. The molecule has 0 saturated heterocycles. The SMILES string of the molecule is C#CCCC1(CCNC(=O)c2cc3cccc(OC(F)F)c3o2)N=N1. The summed E-state index contributed by atoms with van der Waals surface area (Å²) in [5, 5.41) is 11.2. The molecule has 0 fully saturated rings. The van der Waals surface area contributed by atoms with Gasteiger partial charge in [-0.3, -0.25) is 4.79 Å². The summed E-state index contributed by atoms with van der Waals surface area (Å²) in [6.45, 7) is -2.63. The summed E-state index contributed by atoms with van der Waals surface area (Å²) in [5.74, 6) is 1.98. The Hall–Kier alpha value is -2.95. The van der Waals surface area contributed by atoms with Crippen molar-refractivity contribution in [2.45, 2.75) is 31.5 Å². The van der Waals surface area contributed by atoms with E-state index in [-0.39, 0.29) is 17.1 Å². The summed E-state index contributed by atoms with van der Waals surface area (Å²) in [5.41, 5.74) is -0.378. The molecule has 1 aromatic heterocycles. The van der Waals surface area contributed by atoms with Gasteiger partial charge in [0.15, 0.2) is 22.8 Å². The van der Waals surface area contributed by atoms with Gasteiger partial charge < -0.3 is 14.5 Å². The molecule has 6 nitrogen and oxygen atoms in total. The predicted molar refractivity (Wildman–Crippen MR) is 85.5 cm³/mol. The largest absolute Gasteiger partial charge is 0.447 e. The van der Waals surface area contributed by atoms with Crippen LogP contribution in [0, 0.1) is 12.3 Å². The van der Waals surface area contributed by atoms with Crippen molar-refractivity contribution in [1.29, 1.82) is 0 Å². The van der Waals surface area contributed by atoms with Crippen LogP contribution in [0.25, 0.3) is 11.0 Å². The Kier molecular flexibility index (Phi) is 4.65. The molecule has 1 aliphatic heterocycles. The standard InChI is InChI=1S/C17H15F2N3O3/c1-2-3-7-17(21-22-17)8-9-20-15(23)13-10-11-5-4-6-12(14(11)24-13)25-16(18)19/h1,4-6,10,16H,3,7-9H2,(H,20,23). The number of hydrogen-bond acceptors (Lipinski definition) is 5. The van der Waals surface area contributed by atoms with Crippen LogP contribution in [0.2, 0.25) is 0 Å². The maximum absolute atomic E-state index is 12.4. The number of furan rings is 1. The van der Waals surface area contributed by atoms with Crippen LogP contribution in [-0.2, 0) is 0 Å². The fourth-order valence-corrected chi connectivity index (χ4v) is 2.47. The number of hydrogen-bond donors (Lipinski definition) is 1. The van der Waals surface area contributed by atoms with E-state index in [1.54, 1.807) is 12.1 Å². The van der Waals surface area contributed by atoms with Gasteiger partial charge in [0.05, 0.1) is 0 Å². The maximum atomic E-state index is 12.4. The summed E-state index contributed by atoms with van der Waals surface area (Å²) in [4.78, 5) is 12.2. The molecule has 2 heterocycles. The first-order valence-electron chi connectivity index (χ1n) is 7.66. The Morgan fingerprint density at radius 2 is 2.20 bits per heavy atom. The highest BCUT2D eigenvalue weighted by Crippen LogP contribution is 2.36. The molecular weight excluding hydrogens is 332 g/mol. The zero-order valence-corrected chi connectivity index (χ0v) is 13.2. The van der Waals surface area contributed by atoms with Gasteiger partial charge in [0.1, 0.15) is 0 Å². The predicted octanol–water partition coefficient (Wildman–Crippen LogP) is 3.73. The molecule has 0 spiro atoms. The molecule has 0 unspecified atom stereocenters. The number of alkyl halides is 2. The van der Waals surface area contributed by atoms with Gasteiger partial charge in [-0.1, -0.05) is 12.1 Å². The van der Waals surface area contributed by atoms with Crippen LogP contribution in [0.15, 0.2) is 38.9 Å². The van der Waals surface area contributed by atoms with Crippen molar-refractivity contribution in [2.75, 3.05) is 6.54 Å². The number of halogens is 2. The third-order valence-electron chi connectivity index (χ3n) is 3.81. The number of nitrogens with one attached hydrogen (secondary N) is 1. The van der Waals surface area contributed by atoms with Crippen molar-refractivity contribution in [3.8, 4) is 18.1 Å². The zero-order valence-electron chi connectivity index (χ0n) is 13.2. The lowest BCUT2D eigenvalue weighted by Crippen LogP contribution is -2.28. The van der Waals surface area contributed by atoms with Gasteiger partial charge in [-0.25, -0.2) is 0 Å². The smallest absolute Gasteiger partial charge is 0.387 e. The van der Waals surface area contributed by atoms with E-state index in [0.29, 0.717) is 31.2 Å². The van der Waals surface area contributed by atoms with Gasteiger partial charge in [-0.15, -0.1) is 12.3 Å². The molecule has 1 N–H and O–H groups in total. The van der Waals surface area contributed by atoms with Crippen LogP contribution in [-0.4, -0.2) is 24.7 Å². The minimum Gasteiger partial charge on any atom is -0.447 e. The molecule has 0 radical (unpaired) electrons. The van der Waals surface area contributed by atoms with E-state index in [2.05, 4.69) is 26.2 Å². The van der Waals surface area contributed by atoms with Crippen molar-refractivity contribution in [1.82, 2.24) is 5.32 Å². The van der Waals surface area contributed by atoms with Crippen molar-refractivity contribution >= 4 is 16.9 Å². The van der Waals surface area contributed by atoms with Gasteiger partial charge in [-0.2, -0.15) is 19.0 Å². The summed E-state index contributed by atoms with van der Waals surface area (Å²) in [6, 6.07) is 6.02. The van der Waals surface area contributed by atoms with Gasteiger partial charge in [0.25, 0.3) is 5.91 Å². The molecule has 1 aliphatic rings. The van der Waals surface area contributed by atoms with Crippen LogP contribution >= 0.6 is 0 Å². The van der Waals surface area contributed by atoms with E-state index in [9.17, 15) is 13.6 Å². The van der Waals surface area contributed by atoms with Crippen LogP contribution < -0.4 is 10.1 Å². The van der Waals surface area contributed by atoms with Gasteiger partial charge in [-0.05, 0) is 12.1 Å². The number of nitrogens with zero attached hydrogens (tertiary/aromatic N) is 2. The first-order chi connectivity index (χ1) is 12.0.